The Morgan fingerprint density at radius 3 is 1.72 bits per heavy atom. The number of methoxy groups -OCH3 is 6. The second-order valence-electron chi connectivity index (χ2n) is 11.4. The van der Waals surface area contributed by atoms with Crippen LogP contribution in [0.15, 0.2) is 12.3 Å². The van der Waals surface area contributed by atoms with Crippen LogP contribution in [0.5, 0.6) is 0 Å². The minimum Gasteiger partial charge on any atom is -0.498 e. The largest absolute Gasteiger partial charge is 0.498 e. The molecule has 13 atom stereocenters. The van der Waals surface area contributed by atoms with E-state index in [-0.39, 0.29) is 59.0 Å². The molecule has 0 aromatic heterocycles. The topological polar surface area (TPSA) is 135 Å². The summed E-state index contributed by atoms with van der Waals surface area (Å²) in [6, 6.07) is 0. The van der Waals surface area contributed by atoms with Gasteiger partial charge in [-0.3, -0.25) is 0 Å². The van der Waals surface area contributed by atoms with E-state index in [1.165, 1.54) is 0 Å². The molecule has 258 valence electrons. The van der Waals surface area contributed by atoms with Gasteiger partial charge in [0.15, 0.2) is 6.29 Å². The molecule has 11 nitrogen and oxygen atoms in total. The quantitative estimate of drug-likeness (QED) is 0.331. The Labute approximate surface area is 261 Å². The van der Waals surface area contributed by atoms with E-state index in [4.69, 9.17) is 43.0 Å². The molecule has 3 N–H and O–H groups in total. The predicted octanol–water partition coefficient (Wildman–Crippen LogP) is 3.13. The van der Waals surface area contributed by atoms with E-state index in [9.17, 15) is 10.2 Å². The summed E-state index contributed by atoms with van der Waals surface area (Å²) >= 11 is 0. The Morgan fingerprint density at radius 1 is 0.651 bits per heavy atom. The van der Waals surface area contributed by atoms with Crippen molar-refractivity contribution >= 4 is 0 Å². The molecule has 0 aromatic carbocycles. The van der Waals surface area contributed by atoms with Gasteiger partial charge in [-0.15, -0.1) is 0 Å². The summed E-state index contributed by atoms with van der Waals surface area (Å²) in [6.07, 6.45) is 7.09. The van der Waals surface area contributed by atoms with Crippen molar-refractivity contribution in [2.24, 2.45) is 35.5 Å². The zero-order valence-corrected chi connectivity index (χ0v) is 24.9. The van der Waals surface area contributed by atoms with E-state index < -0.39 is 12.4 Å². The molecular weight excluding hydrogens is 560 g/mol. The van der Waals surface area contributed by atoms with Crippen LogP contribution in [0.4, 0.5) is 0 Å². The molecule has 5 rings (SSSR count). The first-order valence-corrected chi connectivity index (χ1v) is 14.4. The standard InChI is InChI=1S/C10H18O4.C10H16O3.C9H18O4.3CH4/c1-12-5-7-6-3-10(11)14-9(6)4-8(7)13-2;1-11-6-8-7-3-4-13-10(7)5-9(8)12-2;1-12-5-7-6(4-10)8(11)3-9(7)13-2;;;/h6-11H,3-5H2,1-2H3;3-4,7-10H,5-6H2,1-2H3;6-11H,3-5H2,1-2H3;3*1H4/t6?,7-,8-,9+,10?;7?,8-,9-,10+;6?,7-,8+,9-;;;/m000.../s1. The number of fused-ring (bicyclic) bond motifs is 2. The fourth-order valence-corrected chi connectivity index (χ4v) is 7.31. The molecule has 0 radical (unpaired) electrons. The second-order valence-corrected chi connectivity index (χ2v) is 11.4. The lowest BCUT2D eigenvalue weighted by atomic mass is 9.93. The molecular formula is C32H64O11. The lowest BCUT2D eigenvalue weighted by Gasteiger charge is -2.22. The summed E-state index contributed by atoms with van der Waals surface area (Å²) in [5.74, 6) is 1.71. The Morgan fingerprint density at radius 2 is 1.16 bits per heavy atom. The van der Waals surface area contributed by atoms with Crippen molar-refractivity contribution in [3.05, 3.63) is 12.3 Å². The van der Waals surface area contributed by atoms with Crippen LogP contribution >= 0.6 is 0 Å². The third-order valence-electron chi connectivity index (χ3n) is 9.39. The monoisotopic (exact) mass is 624 g/mol. The number of hydrogen-bond acceptors (Lipinski definition) is 11. The fourth-order valence-electron chi connectivity index (χ4n) is 7.31. The Hall–Kier alpha value is -0.860. The minimum absolute atomic E-state index is 0. The Balaban J connectivity index is 0.000000595. The van der Waals surface area contributed by atoms with Gasteiger partial charge in [0.2, 0.25) is 0 Å². The zero-order valence-electron chi connectivity index (χ0n) is 24.9. The van der Waals surface area contributed by atoms with E-state index in [0.717, 1.165) is 25.9 Å². The number of ether oxygens (including phenoxy) is 8. The normalized spacial score (nSPS) is 40.0. The maximum atomic E-state index is 9.59. The van der Waals surface area contributed by atoms with Crippen LogP contribution < -0.4 is 0 Å². The average molecular weight is 625 g/mol. The molecule has 4 fully saturated rings. The fraction of sp³-hybridized carbons (Fsp3) is 0.938. The van der Waals surface area contributed by atoms with Gasteiger partial charge in [-0.05, 0) is 12.0 Å². The van der Waals surface area contributed by atoms with E-state index in [1.807, 2.05) is 6.26 Å². The third-order valence-corrected chi connectivity index (χ3v) is 9.39. The number of hydrogen-bond donors (Lipinski definition) is 3. The predicted molar refractivity (Wildman–Crippen MR) is 166 cm³/mol. The summed E-state index contributed by atoms with van der Waals surface area (Å²) < 4.78 is 42.4. The maximum Gasteiger partial charge on any atom is 0.155 e. The smallest absolute Gasteiger partial charge is 0.155 e. The van der Waals surface area contributed by atoms with Crippen molar-refractivity contribution in [3.8, 4) is 0 Å². The van der Waals surface area contributed by atoms with E-state index in [1.54, 1.807) is 42.7 Å². The first-order valence-electron chi connectivity index (χ1n) is 14.4. The van der Waals surface area contributed by atoms with Crippen molar-refractivity contribution in [3.63, 3.8) is 0 Å². The Bertz CT molecular complexity index is 740. The number of rotatable bonds is 10. The van der Waals surface area contributed by atoms with Gasteiger partial charge in [-0.25, -0.2) is 0 Å². The summed E-state index contributed by atoms with van der Waals surface area (Å²) in [5.41, 5.74) is 0. The molecule has 0 amide bonds. The van der Waals surface area contributed by atoms with Crippen LogP contribution in [-0.2, 0) is 37.9 Å². The SMILES string of the molecule is C.C.C.COC[C@H]1C(CO)[C@H](O)C[C@@H]1OC.COC[C@H]1C2C=CO[C@@H]2C[C@@H]1OC.COC[C@H]1C2CC(O)O[C@@H]2C[C@@H]1OC. The summed E-state index contributed by atoms with van der Waals surface area (Å²) in [7, 11) is 10.2. The number of aliphatic hydroxyl groups is 3. The van der Waals surface area contributed by atoms with E-state index >= 15 is 0 Å². The van der Waals surface area contributed by atoms with Gasteiger partial charge in [0, 0.05) is 105 Å². The first kappa shape index (κ1) is 42.1. The molecule has 0 aromatic rings. The van der Waals surface area contributed by atoms with E-state index in [2.05, 4.69) is 6.08 Å². The highest BCUT2D eigenvalue weighted by Gasteiger charge is 2.49. The molecule has 1 saturated heterocycles. The van der Waals surface area contributed by atoms with Crippen molar-refractivity contribution < 1.29 is 53.2 Å². The van der Waals surface area contributed by atoms with Crippen molar-refractivity contribution in [2.45, 2.75) is 90.9 Å². The molecule has 3 aliphatic carbocycles. The molecule has 0 bridgehead atoms. The summed E-state index contributed by atoms with van der Waals surface area (Å²) in [4.78, 5) is 0. The highest BCUT2D eigenvalue weighted by molar-refractivity contribution is 5.06. The van der Waals surface area contributed by atoms with Crippen LogP contribution in [-0.4, -0.2) is 127 Å². The van der Waals surface area contributed by atoms with Crippen LogP contribution in [0.2, 0.25) is 0 Å². The second kappa shape index (κ2) is 21.0. The van der Waals surface area contributed by atoms with Gasteiger partial charge in [0.05, 0.1) is 56.6 Å². The van der Waals surface area contributed by atoms with Gasteiger partial charge in [0.25, 0.3) is 0 Å². The van der Waals surface area contributed by atoms with Gasteiger partial charge in [-0.1, -0.05) is 22.3 Å². The number of aliphatic hydroxyl groups excluding tert-OH is 3. The lowest BCUT2D eigenvalue weighted by Crippen LogP contribution is -2.29. The van der Waals surface area contributed by atoms with Crippen molar-refractivity contribution in [1.29, 1.82) is 0 Å². The molecule has 0 spiro atoms. The van der Waals surface area contributed by atoms with Crippen LogP contribution in [0.1, 0.15) is 48.0 Å². The maximum absolute atomic E-state index is 9.59. The highest BCUT2D eigenvalue weighted by atomic mass is 16.6. The van der Waals surface area contributed by atoms with Gasteiger partial charge >= 0.3 is 0 Å². The average Bonchev–Trinajstić information content (AvgIpc) is 3.74. The third kappa shape index (κ3) is 10.3. The Kier molecular flexibility index (Phi) is 20.6. The van der Waals surface area contributed by atoms with Crippen LogP contribution in [0, 0.1) is 35.5 Å². The molecule has 11 heteroatoms. The van der Waals surface area contributed by atoms with Crippen LogP contribution in [0.25, 0.3) is 0 Å². The highest BCUT2D eigenvalue weighted by Crippen LogP contribution is 2.44. The summed E-state index contributed by atoms with van der Waals surface area (Å²) in [5, 5.41) is 28.0. The minimum atomic E-state index is -0.581. The lowest BCUT2D eigenvalue weighted by molar-refractivity contribution is -0.0970. The van der Waals surface area contributed by atoms with Gasteiger partial charge in [0.1, 0.15) is 6.10 Å². The molecule has 3 saturated carbocycles. The molecule has 2 aliphatic heterocycles. The van der Waals surface area contributed by atoms with E-state index in [0.29, 0.717) is 55.5 Å². The first-order chi connectivity index (χ1) is 19.4. The molecule has 43 heavy (non-hydrogen) atoms. The van der Waals surface area contributed by atoms with Gasteiger partial charge < -0.3 is 53.2 Å². The van der Waals surface area contributed by atoms with Gasteiger partial charge in [-0.2, -0.15) is 0 Å². The zero-order chi connectivity index (χ0) is 29.2. The van der Waals surface area contributed by atoms with Crippen molar-refractivity contribution in [2.75, 3.05) is 69.1 Å². The molecule has 2 heterocycles. The van der Waals surface area contributed by atoms with Crippen LogP contribution in [0.3, 0.4) is 0 Å². The molecule has 5 aliphatic rings. The molecule has 4 unspecified atom stereocenters. The summed E-state index contributed by atoms with van der Waals surface area (Å²) in [6.45, 7) is 1.97. The van der Waals surface area contributed by atoms with Crippen molar-refractivity contribution in [1.82, 2.24) is 0 Å².